The van der Waals surface area contributed by atoms with E-state index in [0.717, 1.165) is 41.5 Å². The molecule has 2 aromatic rings. The summed E-state index contributed by atoms with van der Waals surface area (Å²) in [4.78, 5) is 27.4. The first kappa shape index (κ1) is 19.5. The van der Waals surface area contributed by atoms with Crippen molar-refractivity contribution in [1.82, 2.24) is 20.3 Å². The monoisotopic (exact) mass is 432 g/mol. The van der Waals surface area contributed by atoms with E-state index >= 15 is 0 Å². The molecule has 0 atom stereocenters. The molecule has 1 amide bonds. The molecule has 7 nitrogen and oxygen atoms in total. The minimum atomic E-state index is -0.0716. The number of carbonyl (C=O) groups excluding carboxylic acids is 1. The fraction of sp³-hybridized carbons (Fsp3) is 0.474. The SMILES string of the molecule is Cc1cnc(N[C@H]2CC[C@@H](NC(=O)c3cncc(Br)c3)CC2)nc1N(C)C. The number of amides is 1. The second-order valence-corrected chi connectivity index (χ2v) is 8.07. The second kappa shape index (κ2) is 8.65. The van der Waals surface area contributed by atoms with Crippen LogP contribution in [-0.4, -0.2) is 47.0 Å². The predicted octanol–water partition coefficient (Wildman–Crippen LogP) is 3.16. The van der Waals surface area contributed by atoms with E-state index < -0.39 is 0 Å². The summed E-state index contributed by atoms with van der Waals surface area (Å²) in [7, 11) is 3.96. The number of anilines is 2. The number of nitrogens with one attached hydrogen (secondary N) is 2. The summed E-state index contributed by atoms with van der Waals surface area (Å²) in [5, 5.41) is 6.55. The number of carbonyl (C=O) groups is 1. The summed E-state index contributed by atoms with van der Waals surface area (Å²) in [5.74, 6) is 1.52. The molecule has 0 saturated heterocycles. The molecule has 1 aliphatic rings. The molecule has 1 saturated carbocycles. The minimum Gasteiger partial charge on any atom is -0.362 e. The zero-order chi connectivity index (χ0) is 19.4. The highest BCUT2D eigenvalue weighted by Crippen LogP contribution is 2.23. The van der Waals surface area contributed by atoms with Gasteiger partial charge in [0.2, 0.25) is 5.95 Å². The molecule has 2 aromatic heterocycles. The number of aromatic nitrogens is 3. The maximum atomic E-state index is 12.4. The van der Waals surface area contributed by atoms with Crippen LogP contribution in [-0.2, 0) is 0 Å². The zero-order valence-electron chi connectivity index (χ0n) is 15.9. The van der Waals surface area contributed by atoms with Crippen LogP contribution in [0.1, 0.15) is 41.6 Å². The Morgan fingerprint density at radius 2 is 1.85 bits per heavy atom. The van der Waals surface area contributed by atoms with E-state index in [1.165, 1.54) is 0 Å². The molecule has 0 spiro atoms. The van der Waals surface area contributed by atoms with Gasteiger partial charge in [-0.3, -0.25) is 9.78 Å². The number of nitrogens with zero attached hydrogens (tertiary/aromatic N) is 4. The molecule has 0 aliphatic heterocycles. The fourth-order valence-corrected chi connectivity index (χ4v) is 3.69. The van der Waals surface area contributed by atoms with Gasteiger partial charge in [0, 0.05) is 54.8 Å². The lowest BCUT2D eigenvalue weighted by Gasteiger charge is -2.30. The van der Waals surface area contributed by atoms with E-state index in [1.54, 1.807) is 18.5 Å². The first-order valence-electron chi connectivity index (χ1n) is 9.11. The van der Waals surface area contributed by atoms with Gasteiger partial charge in [-0.05, 0) is 54.6 Å². The number of halogens is 1. The summed E-state index contributed by atoms with van der Waals surface area (Å²) in [6.45, 7) is 2.01. The Kier molecular flexibility index (Phi) is 6.26. The van der Waals surface area contributed by atoms with E-state index in [0.29, 0.717) is 17.6 Å². The van der Waals surface area contributed by atoms with Crippen LogP contribution in [0.25, 0.3) is 0 Å². The quantitative estimate of drug-likeness (QED) is 0.754. The highest BCUT2D eigenvalue weighted by Gasteiger charge is 2.23. The fourth-order valence-electron chi connectivity index (χ4n) is 3.32. The molecule has 0 bridgehead atoms. The number of hydrogen-bond donors (Lipinski definition) is 2. The summed E-state index contributed by atoms with van der Waals surface area (Å²) < 4.78 is 0.804. The van der Waals surface area contributed by atoms with Gasteiger partial charge in [0.1, 0.15) is 5.82 Å². The first-order chi connectivity index (χ1) is 12.9. The Morgan fingerprint density at radius 3 is 2.52 bits per heavy atom. The van der Waals surface area contributed by atoms with Gasteiger partial charge in [-0.25, -0.2) is 4.98 Å². The molecule has 1 aliphatic carbocycles. The molecule has 8 heteroatoms. The number of rotatable bonds is 5. The molecule has 0 unspecified atom stereocenters. The molecule has 3 rings (SSSR count). The highest BCUT2D eigenvalue weighted by atomic mass is 79.9. The molecule has 1 fully saturated rings. The van der Waals surface area contributed by atoms with E-state index in [9.17, 15) is 4.79 Å². The predicted molar refractivity (Wildman–Crippen MR) is 110 cm³/mol. The number of aryl methyl sites for hydroxylation is 1. The zero-order valence-corrected chi connectivity index (χ0v) is 17.5. The van der Waals surface area contributed by atoms with Crippen LogP contribution in [0.15, 0.2) is 29.1 Å². The first-order valence-corrected chi connectivity index (χ1v) is 9.90. The van der Waals surface area contributed by atoms with Gasteiger partial charge < -0.3 is 15.5 Å². The van der Waals surface area contributed by atoms with Crippen LogP contribution in [0.4, 0.5) is 11.8 Å². The topological polar surface area (TPSA) is 83.0 Å². The van der Waals surface area contributed by atoms with Gasteiger partial charge in [-0.1, -0.05) is 0 Å². The highest BCUT2D eigenvalue weighted by molar-refractivity contribution is 9.10. The van der Waals surface area contributed by atoms with Gasteiger partial charge in [0.25, 0.3) is 5.91 Å². The Hall–Kier alpha value is -2.22. The second-order valence-electron chi connectivity index (χ2n) is 7.15. The standard InChI is InChI=1S/C19H25BrN6O/c1-12-9-22-19(25-17(12)26(2)3)24-16-6-4-15(5-7-16)23-18(27)13-8-14(20)11-21-10-13/h8-11,15-16H,4-7H2,1-3H3,(H,23,27)(H,22,24,25)/t15-,16+. The van der Waals surface area contributed by atoms with Crippen molar-refractivity contribution in [2.45, 2.75) is 44.7 Å². The smallest absolute Gasteiger partial charge is 0.253 e. The Labute approximate surface area is 168 Å². The van der Waals surface area contributed by atoms with Crippen LogP contribution < -0.4 is 15.5 Å². The molecular formula is C19H25BrN6O. The third-order valence-corrected chi connectivity index (χ3v) is 5.16. The van der Waals surface area contributed by atoms with Crippen LogP contribution in [0, 0.1) is 6.92 Å². The Bertz CT molecular complexity index is 805. The lowest BCUT2D eigenvalue weighted by atomic mass is 9.91. The van der Waals surface area contributed by atoms with Crippen LogP contribution in [0.5, 0.6) is 0 Å². The van der Waals surface area contributed by atoms with Gasteiger partial charge >= 0.3 is 0 Å². The van der Waals surface area contributed by atoms with Gasteiger partial charge in [-0.2, -0.15) is 4.98 Å². The van der Waals surface area contributed by atoms with Crippen molar-refractivity contribution in [3.8, 4) is 0 Å². The molecular weight excluding hydrogens is 408 g/mol. The van der Waals surface area contributed by atoms with Gasteiger partial charge in [0.05, 0.1) is 5.56 Å². The largest absolute Gasteiger partial charge is 0.362 e. The molecule has 27 heavy (non-hydrogen) atoms. The lowest BCUT2D eigenvalue weighted by molar-refractivity contribution is 0.0926. The Morgan fingerprint density at radius 1 is 1.15 bits per heavy atom. The third kappa shape index (κ3) is 5.15. The van der Waals surface area contributed by atoms with Crippen molar-refractivity contribution in [1.29, 1.82) is 0 Å². The van der Waals surface area contributed by atoms with Crippen molar-refractivity contribution in [2.24, 2.45) is 0 Å². The van der Waals surface area contributed by atoms with Crippen LogP contribution >= 0.6 is 15.9 Å². The molecule has 0 aromatic carbocycles. The average Bonchev–Trinajstić information content (AvgIpc) is 2.64. The third-order valence-electron chi connectivity index (χ3n) is 4.73. The maximum Gasteiger partial charge on any atom is 0.253 e. The van der Waals surface area contributed by atoms with Crippen LogP contribution in [0.2, 0.25) is 0 Å². The summed E-state index contributed by atoms with van der Waals surface area (Å²) in [5.41, 5.74) is 1.63. The normalized spacial score (nSPS) is 19.4. The lowest BCUT2D eigenvalue weighted by Crippen LogP contribution is -2.40. The average molecular weight is 433 g/mol. The van der Waals surface area contributed by atoms with E-state index in [-0.39, 0.29) is 11.9 Å². The van der Waals surface area contributed by atoms with Crippen molar-refractivity contribution in [2.75, 3.05) is 24.3 Å². The van der Waals surface area contributed by atoms with Crippen LogP contribution in [0.3, 0.4) is 0 Å². The number of pyridine rings is 1. The van der Waals surface area contributed by atoms with Gasteiger partial charge in [0.15, 0.2) is 0 Å². The Balaban J connectivity index is 1.52. The van der Waals surface area contributed by atoms with E-state index in [4.69, 9.17) is 0 Å². The minimum absolute atomic E-state index is 0.0716. The van der Waals surface area contributed by atoms with Crippen molar-refractivity contribution < 1.29 is 4.79 Å². The van der Waals surface area contributed by atoms with Crippen molar-refractivity contribution in [3.05, 3.63) is 40.3 Å². The van der Waals surface area contributed by atoms with Crippen molar-refractivity contribution in [3.63, 3.8) is 0 Å². The maximum absolute atomic E-state index is 12.4. The van der Waals surface area contributed by atoms with E-state index in [1.807, 2.05) is 32.1 Å². The molecule has 0 radical (unpaired) electrons. The number of hydrogen-bond acceptors (Lipinski definition) is 6. The molecule has 2 heterocycles. The van der Waals surface area contributed by atoms with Gasteiger partial charge in [-0.15, -0.1) is 0 Å². The molecule has 144 valence electrons. The molecule has 2 N–H and O–H groups in total. The van der Waals surface area contributed by atoms with E-state index in [2.05, 4.69) is 41.5 Å². The summed E-state index contributed by atoms with van der Waals surface area (Å²) in [6.07, 6.45) is 8.90. The summed E-state index contributed by atoms with van der Waals surface area (Å²) >= 11 is 3.35. The van der Waals surface area contributed by atoms with Crippen molar-refractivity contribution >= 4 is 33.6 Å². The summed E-state index contributed by atoms with van der Waals surface area (Å²) in [6, 6.07) is 2.29.